The molecule has 2 N–H and O–H groups in total. The first-order valence-corrected chi connectivity index (χ1v) is 9.62. The maximum atomic E-state index is 13.8. The summed E-state index contributed by atoms with van der Waals surface area (Å²) in [5.74, 6) is 0.589. The summed E-state index contributed by atoms with van der Waals surface area (Å²) in [4.78, 5) is 4.70. The number of ether oxygens (including phenoxy) is 1. The zero-order chi connectivity index (χ0) is 19.0. The number of nitrogens with one attached hydrogen (secondary N) is 2. The number of hydrogen-bond acceptors (Lipinski definition) is 2. The summed E-state index contributed by atoms with van der Waals surface area (Å²) in [6.07, 6.45) is 1.73. The third-order valence-electron chi connectivity index (χ3n) is 5.09. The highest BCUT2D eigenvalue weighted by Gasteiger charge is 2.34. The van der Waals surface area contributed by atoms with Gasteiger partial charge in [-0.05, 0) is 43.0 Å². The highest BCUT2D eigenvalue weighted by atomic mass is 19.1. The molecule has 0 aromatic heterocycles. The smallest absolute Gasteiger partial charge is 0.191 e. The summed E-state index contributed by atoms with van der Waals surface area (Å²) in [6.45, 7) is 5.53. The molecule has 0 saturated carbocycles. The minimum absolute atomic E-state index is 0.150. The van der Waals surface area contributed by atoms with Gasteiger partial charge in [-0.25, -0.2) is 9.38 Å². The Morgan fingerprint density at radius 1 is 1.07 bits per heavy atom. The number of nitrogens with zero attached hydrogens (tertiary/aromatic N) is 1. The van der Waals surface area contributed by atoms with Gasteiger partial charge in [-0.1, -0.05) is 42.5 Å². The van der Waals surface area contributed by atoms with E-state index in [0.717, 1.165) is 30.9 Å². The van der Waals surface area contributed by atoms with Crippen molar-refractivity contribution >= 4 is 5.96 Å². The van der Waals surface area contributed by atoms with Gasteiger partial charge in [0.05, 0.1) is 6.54 Å². The minimum Gasteiger partial charge on any atom is -0.381 e. The maximum Gasteiger partial charge on any atom is 0.191 e. The summed E-state index contributed by atoms with van der Waals surface area (Å²) in [6, 6.07) is 17.1. The molecule has 2 aromatic carbocycles. The first-order chi connectivity index (χ1) is 13.2. The van der Waals surface area contributed by atoms with E-state index in [1.807, 2.05) is 24.3 Å². The number of guanidine groups is 1. The predicted molar refractivity (Wildman–Crippen MR) is 107 cm³/mol. The second kappa shape index (κ2) is 9.51. The molecule has 1 aliphatic heterocycles. The molecule has 0 aliphatic carbocycles. The summed E-state index contributed by atoms with van der Waals surface area (Å²) in [5.41, 5.74) is 2.04. The topological polar surface area (TPSA) is 45.7 Å². The van der Waals surface area contributed by atoms with Crippen LogP contribution in [0.1, 0.15) is 30.9 Å². The molecule has 4 nitrogen and oxygen atoms in total. The average molecular weight is 369 g/mol. The third-order valence-corrected chi connectivity index (χ3v) is 5.09. The van der Waals surface area contributed by atoms with Crippen molar-refractivity contribution in [2.45, 2.75) is 31.7 Å². The Kier molecular flexibility index (Phi) is 6.82. The largest absolute Gasteiger partial charge is 0.381 e. The van der Waals surface area contributed by atoms with E-state index in [1.54, 1.807) is 12.1 Å². The van der Waals surface area contributed by atoms with E-state index in [0.29, 0.717) is 26.3 Å². The van der Waals surface area contributed by atoms with Gasteiger partial charge in [0, 0.05) is 31.7 Å². The fourth-order valence-electron chi connectivity index (χ4n) is 3.50. The van der Waals surface area contributed by atoms with Crippen molar-refractivity contribution in [3.05, 3.63) is 71.5 Å². The minimum atomic E-state index is -0.192. The SMILES string of the molecule is CCNC(=NCc1ccccc1)NCC1(c2cccc(F)c2)CCOCC1. The van der Waals surface area contributed by atoms with E-state index >= 15 is 0 Å². The average Bonchev–Trinajstić information content (AvgIpc) is 2.71. The van der Waals surface area contributed by atoms with Crippen LogP contribution >= 0.6 is 0 Å². The molecule has 0 unspecified atom stereocenters. The number of benzene rings is 2. The molecule has 1 fully saturated rings. The van der Waals surface area contributed by atoms with Crippen LogP contribution in [0.5, 0.6) is 0 Å². The molecule has 3 rings (SSSR count). The lowest BCUT2D eigenvalue weighted by Crippen LogP contribution is -2.48. The Balaban J connectivity index is 1.74. The van der Waals surface area contributed by atoms with Gasteiger partial charge < -0.3 is 15.4 Å². The molecule has 0 spiro atoms. The Morgan fingerprint density at radius 3 is 2.56 bits per heavy atom. The second-order valence-corrected chi connectivity index (χ2v) is 6.94. The van der Waals surface area contributed by atoms with Gasteiger partial charge in [-0.3, -0.25) is 0 Å². The second-order valence-electron chi connectivity index (χ2n) is 6.94. The predicted octanol–water partition coefficient (Wildman–Crippen LogP) is 3.63. The first kappa shape index (κ1) is 19.4. The number of halogens is 1. The van der Waals surface area contributed by atoms with Crippen molar-refractivity contribution in [2.24, 2.45) is 4.99 Å². The monoisotopic (exact) mass is 369 g/mol. The summed E-state index contributed by atoms with van der Waals surface area (Å²) < 4.78 is 19.4. The lowest BCUT2D eigenvalue weighted by atomic mass is 9.74. The Bertz CT molecular complexity index is 742. The first-order valence-electron chi connectivity index (χ1n) is 9.62. The van der Waals surface area contributed by atoms with Crippen LogP contribution in [-0.2, 0) is 16.7 Å². The van der Waals surface area contributed by atoms with Gasteiger partial charge in [-0.15, -0.1) is 0 Å². The van der Waals surface area contributed by atoms with Crippen LogP contribution in [0.2, 0.25) is 0 Å². The molecule has 1 heterocycles. The van der Waals surface area contributed by atoms with Crippen molar-refractivity contribution in [3.63, 3.8) is 0 Å². The molecular weight excluding hydrogens is 341 g/mol. The molecule has 27 heavy (non-hydrogen) atoms. The number of aliphatic imine (C=N–C) groups is 1. The quantitative estimate of drug-likeness (QED) is 0.604. The van der Waals surface area contributed by atoms with E-state index in [2.05, 4.69) is 29.7 Å². The normalized spacial score (nSPS) is 16.7. The van der Waals surface area contributed by atoms with E-state index in [1.165, 1.54) is 11.6 Å². The Hall–Kier alpha value is -2.40. The van der Waals surface area contributed by atoms with Crippen molar-refractivity contribution < 1.29 is 9.13 Å². The highest BCUT2D eigenvalue weighted by Crippen LogP contribution is 2.34. The Labute approximate surface area is 160 Å². The van der Waals surface area contributed by atoms with Gasteiger partial charge in [0.1, 0.15) is 5.82 Å². The van der Waals surface area contributed by atoms with Crippen LogP contribution in [-0.4, -0.2) is 32.3 Å². The standard InChI is InChI=1S/C22H28FN3O/c1-2-24-21(25-16-18-7-4-3-5-8-18)26-17-22(11-13-27-14-12-22)19-9-6-10-20(23)15-19/h3-10,15H,2,11-14,16-17H2,1H3,(H2,24,25,26). The molecule has 2 aromatic rings. The van der Waals surface area contributed by atoms with Crippen LogP contribution in [0.3, 0.4) is 0 Å². The molecule has 144 valence electrons. The third kappa shape index (κ3) is 5.30. The fourth-order valence-corrected chi connectivity index (χ4v) is 3.50. The van der Waals surface area contributed by atoms with Gasteiger partial charge >= 0.3 is 0 Å². The van der Waals surface area contributed by atoms with Gasteiger partial charge in [0.25, 0.3) is 0 Å². The summed E-state index contributed by atoms with van der Waals surface area (Å²) in [5, 5.41) is 6.79. The van der Waals surface area contributed by atoms with Gasteiger partial charge in [0.2, 0.25) is 0 Å². The van der Waals surface area contributed by atoms with Crippen LogP contribution < -0.4 is 10.6 Å². The lowest BCUT2D eigenvalue weighted by molar-refractivity contribution is 0.0513. The zero-order valence-corrected chi connectivity index (χ0v) is 15.9. The molecule has 1 saturated heterocycles. The molecule has 1 aliphatic rings. The van der Waals surface area contributed by atoms with Crippen molar-refractivity contribution in [3.8, 4) is 0 Å². The van der Waals surface area contributed by atoms with E-state index in [9.17, 15) is 4.39 Å². The van der Waals surface area contributed by atoms with Crippen LogP contribution in [0, 0.1) is 5.82 Å². The molecular formula is C22H28FN3O. The molecule has 0 radical (unpaired) electrons. The van der Waals surface area contributed by atoms with Crippen molar-refractivity contribution in [1.82, 2.24) is 10.6 Å². The van der Waals surface area contributed by atoms with Crippen LogP contribution in [0.4, 0.5) is 4.39 Å². The van der Waals surface area contributed by atoms with Crippen LogP contribution in [0.25, 0.3) is 0 Å². The molecule has 0 amide bonds. The lowest BCUT2D eigenvalue weighted by Gasteiger charge is -2.38. The Morgan fingerprint density at radius 2 is 1.85 bits per heavy atom. The van der Waals surface area contributed by atoms with Crippen LogP contribution in [0.15, 0.2) is 59.6 Å². The summed E-state index contributed by atoms with van der Waals surface area (Å²) in [7, 11) is 0. The van der Waals surface area contributed by atoms with Crippen molar-refractivity contribution in [1.29, 1.82) is 0 Å². The summed E-state index contributed by atoms with van der Waals surface area (Å²) >= 11 is 0. The van der Waals surface area contributed by atoms with E-state index in [-0.39, 0.29) is 11.2 Å². The fraction of sp³-hybridized carbons (Fsp3) is 0.409. The van der Waals surface area contributed by atoms with E-state index < -0.39 is 0 Å². The molecule has 0 atom stereocenters. The maximum absolute atomic E-state index is 13.8. The zero-order valence-electron chi connectivity index (χ0n) is 15.9. The number of rotatable bonds is 6. The highest BCUT2D eigenvalue weighted by molar-refractivity contribution is 5.79. The number of hydrogen-bond donors (Lipinski definition) is 2. The van der Waals surface area contributed by atoms with Gasteiger partial charge in [-0.2, -0.15) is 0 Å². The van der Waals surface area contributed by atoms with Crippen molar-refractivity contribution in [2.75, 3.05) is 26.3 Å². The van der Waals surface area contributed by atoms with Gasteiger partial charge in [0.15, 0.2) is 5.96 Å². The molecule has 5 heteroatoms. The van der Waals surface area contributed by atoms with E-state index in [4.69, 9.17) is 9.73 Å². The molecule has 0 bridgehead atoms.